The van der Waals surface area contributed by atoms with Gasteiger partial charge in [0.15, 0.2) is 0 Å². The highest BCUT2D eigenvalue weighted by molar-refractivity contribution is 7.99. The molecule has 1 fully saturated rings. The summed E-state index contributed by atoms with van der Waals surface area (Å²) in [5.74, 6) is 1.19. The van der Waals surface area contributed by atoms with Crippen molar-refractivity contribution in [2.45, 2.75) is 11.3 Å². The van der Waals surface area contributed by atoms with Crippen LogP contribution in [-0.4, -0.2) is 49.8 Å². The summed E-state index contributed by atoms with van der Waals surface area (Å²) in [6, 6.07) is 10.3. The lowest BCUT2D eigenvalue weighted by Gasteiger charge is -2.30. The van der Waals surface area contributed by atoms with Gasteiger partial charge in [0.05, 0.1) is 33.2 Å². The van der Waals surface area contributed by atoms with E-state index in [1.165, 1.54) is 9.80 Å². The first-order valence-corrected chi connectivity index (χ1v) is 7.51. The summed E-state index contributed by atoms with van der Waals surface area (Å²) in [4.78, 5) is 16.8. The van der Waals surface area contributed by atoms with Gasteiger partial charge in [-0.2, -0.15) is 0 Å². The Morgan fingerprint density at radius 1 is 1.28 bits per heavy atom. The van der Waals surface area contributed by atoms with E-state index in [-0.39, 0.29) is 0 Å². The summed E-state index contributed by atoms with van der Waals surface area (Å²) in [7, 11) is 2.19. The molecule has 98 valence electrons. The molecular weight excluding hydrogens is 244 g/mol. The fraction of sp³-hybridized carbons (Fsp3) is 0.500. The maximum Gasteiger partial charge on any atom is 0.223 e. The topological polar surface area (TPSA) is 24.8 Å². The van der Waals surface area contributed by atoms with Gasteiger partial charge in [-0.15, -0.1) is 11.8 Å². The van der Waals surface area contributed by atoms with E-state index in [1.54, 1.807) is 11.8 Å². The summed E-state index contributed by atoms with van der Waals surface area (Å²) in [5, 5.41) is 0. The maximum absolute atomic E-state index is 12.0. The summed E-state index contributed by atoms with van der Waals surface area (Å²) >= 11 is 1.76. The summed E-state index contributed by atoms with van der Waals surface area (Å²) in [5.41, 5.74) is 0. The molecule has 0 spiro atoms. The number of hydrogen-bond acceptors (Lipinski definition) is 2. The first kappa shape index (κ1) is 13.4. The standard InChI is InChI=1S/C14H20N2OS/c1-15-8-10-16(11-9-15)14(17)7-12-18-13-5-3-2-4-6-13/h2-6H,7-12H2,1H3/p+1. The number of hydrogen-bond donors (Lipinski definition) is 1. The molecule has 1 aromatic carbocycles. The van der Waals surface area contributed by atoms with Crippen LogP contribution in [0.1, 0.15) is 6.42 Å². The fourth-order valence-corrected chi connectivity index (χ4v) is 2.93. The van der Waals surface area contributed by atoms with E-state index in [4.69, 9.17) is 0 Å². The number of quaternary nitrogens is 1. The van der Waals surface area contributed by atoms with Crippen LogP contribution >= 0.6 is 11.8 Å². The van der Waals surface area contributed by atoms with Gasteiger partial charge in [0.1, 0.15) is 0 Å². The molecule has 0 radical (unpaired) electrons. The van der Waals surface area contributed by atoms with Gasteiger partial charge in [-0.3, -0.25) is 4.79 Å². The minimum absolute atomic E-state index is 0.311. The smallest absolute Gasteiger partial charge is 0.223 e. The molecule has 2 rings (SSSR count). The number of likely N-dealkylation sites (N-methyl/N-ethyl adjacent to an activating group) is 1. The number of nitrogens with one attached hydrogen (secondary N) is 1. The number of carbonyl (C=O) groups excluding carboxylic acids is 1. The minimum atomic E-state index is 0.311. The number of rotatable bonds is 4. The van der Waals surface area contributed by atoms with Crippen LogP contribution in [0.15, 0.2) is 35.2 Å². The van der Waals surface area contributed by atoms with E-state index in [0.29, 0.717) is 12.3 Å². The fourth-order valence-electron chi connectivity index (χ4n) is 2.07. The van der Waals surface area contributed by atoms with Gasteiger partial charge in [0, 0.05) is 17.1 Å². The van der Waals surface area contributed by atoms with Gasteiger partial charge in [-0.25, -0.2) is 0 Å². The van der Waals surface area contributed by atoms with Crippen molar-refractivity contribution in [2.24, 2.45) is 0 Å². The van der Waals surface area contributed by atoms with Crippen molar-refractivity contribution in [1.82, 2.24) is 4.90 Å². The highest BCUT2D eigenvalue weighted by atomic mass is 32.2. The van der Waals surface area contributed by atoms with Crippen LogP contribution in [0.4, 0.5) is 0 Å². The summed E-state index contributed by atoms with van der Waals surface area (Å²) < 4.78 is 0. The Morgan fingerprint density at radius 3 is 2.61 bits per heavy atom. The van der Waals surface area contributed by atoms with E-state index in [9.17, 15) is 4.79 Å². The van der Waals surface area contributed by atoms with Crippen LogP contribution in [0.3, 0.4) is 0 Å². The normalized spacial score (nSPS) is 16.8. The highest BCUT2D eigenvalue weighted by Gasteiger charge is 2.20. The van der Waals surface area contributed by atoms with E-state index in [2.05, 4.69) is 19.2 Å². The molecule has 1 aliphatic heterocycles. The number of piperazine rings is 1. The summed E-state index contributed by atoms with van der Waals surface area (Å²) in [6.07, 6.45) is 0.651. The Balaban J connectivity index is 1.69. The molecule has 1 N–H and O–H groups in total. The van der Waals surface area contributed by atoms with Crippen LogP contribution in [0.25, 0.3) is 0 Å². The molecule has 4 heteroatoms. The van der Waals surface area contributed by atoms with E-state index in [1.807, 2.05) is 23.1 Å². The lowest BCUT2D eigenvalue weighted by Crippen LogP contribution is -3.12. The molecule has 0 atom stereocenters. The van der Waals surface area contributed by atoms with E-state index in [0.717, 1.165) is 31.9 Å². The average Bonchev–Trinajstić information content (AvgIpc) is 2.40. The SMILES string of the molecule is C[NH+]1CCN(C(=O)CCSc2ccccc2)CC1. The Hall–Kier alpha value is -1.00. The van der Waals surface area contributed by atoms with Gasteiger partial charge in [-0.1, -0.05) is 18.2 Å². The average molecular weight is 265 g/mol. The molecular formula is C14H21N2OS+. The second kappa shape index (κ2) is 6.81. The molecule has 1 heterocycles. The predicted molar refractivity (Wildman–Crippen MR) is 75.0 cm³/mol. The first-order chi connectivity index (χ1) is 8.75. The molecule has 0 aromatic heterocycles. The zero-order valence-electron chi connectivity index (χ0n) is 10.9. The Bertz CT molecular complexity index is 375. The third-order valence-corrected chi connectivity index (χ3v) is 4.31. The van der Waals surface area contributed by atoms with Gasteiger partial charge in [0.25, 0.3) is 0 Å². The third-order valence-electron chi connectivity index (χ3n) is 3.30. The second-order valence-electron chi connectivity index (χ2n) is 4.75. The highest BCUT2D eigenvalue weighted by Crippen LogP contribution is 2.18. The van der Waals surface area contributed by atoms with Crippen LogP contribution in [0.2, 0.25) is 0 Å². The molecule has 1 aromatic rings. The van der Waals surface area contributed by atoms with Crippen molar-refractivity contribution in [3.05, 3.63) is 30.3 Å². The quantitative estimate of drug-likeness (QED) is 0.803. The Morgan fingerprint density at radius 2 is 1.94 bits per heavy atom. The predicted octanol–water partition coefficient (Wildman–Crippen LogP) is 0.526. The number of carbonyl (C=O) groups is 1. The van der Waals surface area contributed by atoms with Crippen LogP contribution in [0, 0.1) is 0 Å². The number of nitrogens with zero attached hydrogens (tertiary/aromatic N) is 1. The van der Waals surface area contributed by atoms with Crippen molar-refractivity contribution < 1.29 is 9.69 Å². The minimum Gasteiger partial charge on any atom is -0.334 e. The zero-order valence-corrected chi connectivity index (χ0v) is 11.7. The molecule has 3 nitrogen and oxygen atoms in total. The summed E-state index contributed by atoms with van der Waals surface area (Å²) in [6.45, 7) is 4.00. The zero-order chi connectivity index (χ0) is 12.8. The molecule has 0 aliphatic carbocycles. The lowest BCUT2D eigenvalue weighted by molar-refractivity contribution is -0.883. The molecule has 18 heavy (non-hydrogen) atoms. The van der Waals surface area contributed by atoms with E-state index < -0.39 is 0 Å². The molecule has 1 aliphatic rings. The second-order valence-corrected chi connectivity index (χ2v) is 5.92. The third kappa shape index (κ3) is 4.03. The van der Waals surface area contributed by atoms with Crippen molar-refractivity contribution >= 4 is 17.7 Å². The molecule has 1 saturated heterocycles. The molecule has 1 amide bonds. The maximum atomic E-state index is 12.0. The largest absolute Gasteiger partial charge is 0.334 e. The number of benzene rings is 1. The number of amides is 1. The van der Waals surface area contributed by atoms with Gasteiger partial charge >= 0.3 is 0 Å². The molecule has 0 bridgehead atoms. The van der Waals surface area contributed by atoms with Crippen LogP contribution < -0.4 is 4.90 Å². The van der Waals surface area contributed by atoms with Gasteiger partial charge < -0.3 is 9.80 Å². The van der Waals surface area contributed by atoms with Crippen molar-refractivity contribution in [2.75, 3.05) is 39.0 Å². The van der Waals surface area contributed by atoms with Gasteiger partial charge in [-0.05, 0) is 12.1 Å². The van der Waals surface area contributed by atoms with Crippen LogP contribution in [-0.2, 0) is 4.79 Å². The molecule has 0 saturated carbocycles. The lowest BCUT2D eigenvalue weighted by atomic mass is 10.3. The Labute approximate surface area is 113 Å². The Kier molecular flexibility index (Phi) is 5.08. The molecule has 0 unspecified atom stereocenters. The van der Waals surface area contributed by atoms with Crippen LogP contribution in [0.5, 0.6) is 0 Å². The first-order valence-electron chi connectivity index (χ1n) is 6.52. The van der Waals surface area contributed by atoms with Crippen molar-refractivity contribution in [3.63, 3.8) is 0 Å². The van der Waals surface area contributed by atoms with E-state index >= 15 is 0 Å². The van der Waals surface area contributed by atoms with Crippen molar-refractivity contribution in [3.8, 4) is 0 Å². The monoisotopic (exact) mass is 265 g/mol. The number of thioether (sulfide) groups is 1. The van der Waals surface area contributed by atoms with Crippen molar-refractivity contribution in [1.29, 1.82) is 0 Å². The van der Waals surface area contributed by atoms with Gasteiger partial charge in [0.2, 0.25) is 5.91 Å².